The number of fused-ring (bicyclic) bond motifs is 1. The highest BCUT2D eigenvalue weighted by atomic mass is 35.5. The molecule has 1 fully saturated rings. The molecule has 0 bridgehead atoms. The highest BCUT2D eigenvalue weighted by Crippen LogP contribution is 2.38. The Morgan fingerprint density at radius 3 is 2.70 bits per heavy atom. The molecule has 40 heavy (non-hydrogen) atoms. The number of benzene rings is 2. The number of sulfonamides is 1. The van der Waals surface area contributed by atoms with Gasteiger partial charge in [-0.25, -0.2) is 12.8 Å². The minimum atomic E-state index is -4.03. The molecule has 2 aromatic carbocycles. The fourth-order valence-corrected chi connectivity index (χ4v) is 8.25. The normalized spacial score (nSPS) is 20.3. The summed E-state index contributed by atoms with van der Waals surface area (Å²) in [6.07, 6.45) is 1.11. The Morgan fingerprint density at radius 1 is 1.18 bits per heavy atom. The molecule has 1 aromatic heterocycles. The quantitative estimate of drug-likeness (QED) is 0.285. The molecule has 2 atom stereocenters. The number of amides is 1. The second-order valence-corrected chi connectivity index (χ2v) is 13.3. The number of nitro groups is 1. The van der Waals surface area contributed by atoms with E-state index in [1.807, 2.05) is 11.4 Å². The van der Waals surface area contributed by atoms with E-state index >= 15 is 0 Å². The van der Waals surface area contributed by atoms with Crippen molar-refractivity contribution in [2.45, 2.75) is 36.7 Å². The van der Waals surface area contributed by atoms with Crippen LogP contribution in [0.1, 0.15) is 35.4 Å². The Morgan fingerprint density at radius 2 is 1.98 bits per heavy atom. The zero-order chi connectivity index (χ0) is 28.6. The summed E-state index contributed by atoms with van der Waals surface area (Å²) < 4.78 is 41.9. The van der Waals surface area contributed by atoms with E-state index in [0.29, 0.717) is 6.54 Å². The van der Waals surface area contributed by atoms with Crippen molar-refractivity contribution in [3.05, 3.63) is 90.9 Å². The molecule has 9 nitrogen and oxygen atoms in total. The first-order chi connectivity index (χ1) is 19.1. The molecule has 3 aromatic rings. The molecular formula is C27H28ClFN4O5S2. The van der Waals surface area contributed by atoms with E-state index in [9.17, 15) is 27.7 Å². The predicted molar refractivity (Wildman–Crippen MR) is 150 cm³/mol. The van der Waals surface area contributed by atoms with Gasteiger partial charge in [0.05, 0.1) is 15.9 Å². The Hall–Kier alpha value is -2.90. The molecular weight excluding hydrogens is 579 g/mol. The predicted octanol–water partition coefficient (Wildman–Crippen LogP) is 4.71. The summed E-state index contributed by atoms with van der Waals surface area (Å²) in [6, 6.07) is 11.4. The van der Waals surface area contributed by atoms with Gasteiger partial charge in [0.2, 0.25) is 15.9 Å². The SMILES string of the molecule is C[C@@H]1CN(C(=O)CCN2CCc3sccc3[C@H]2c2cccc(F)c2)CCN1S(=O)(=O)c1ccc(Cl)c([N+](=O)[O-])c1. The van der Waals surface area contributed by atoms with Gasteiger partial charge in [-0.1, -0.05) is 23.7 Å². The monoisotopic (exact) mass is 606 g/mol. The number of carbonyl (C=O) groups excluding carboxylic acids is 1. The maximum absolute atomic E-state index is 14.1. The van der Waals surface area contributed by atoms with Crippen LogP contribution in [0.3, 0.4) is 0 Å². The van der Waals surface area contributed by atoms with Crippen LogP contribution in [0.5, 0.6) is 0 Å². The van der Waals surface area contributed by atoms with Gasteiger partial charge >= 0.3 is 0 Å². The third-order valence-electron chi connectivity index (χ3n) is 7.48. The number of nitrogens with zero attached hydrogens (tertiary/aromatic N) is 4. The van der Waals surface area contributed by atoms with Gasteiger partial charge in [-0.05, 0) is 60.2 Å². The molecule has 0 aliphatic carbocycles. The van der Waals surface area contributed by atoms with Gasteiger partial charge in [0, 0.05) is 56.1 Å². The molecule has 2 aliphatic heterocycles. The second-order valence-electron chi connectivity index (χ2n) is 9.97. The largest absolute Gasteiger partial charge is 0.340 e. The number of halogens is 2. The lowest BCUT2D eigenvalue weighted by atomic mass is 9.93. The first-order valence-electron chi connectivity index (χ1n) is 12.9. The summed E-state index contributed by atoms with van der Waals surface area (Å²) >= 11 is 7.54. The molecule has 212 valence electrons. The van der Waals surface area contributed by atoms with E-state index in [4.69, 9.17) is 11.6 Å². The fourth-order valence-electron chi connectivity index (χ4n) is 5.53. The maximum atomic E-state index is 14.1. The first-order valence-corrected chi connectivity index (χ1v) is 15.6. The number of carbonyl (C=O) groups is 1. The maximum Gasteiger partial charge on any atom is 0.289 e. The molecule has 0 spiro atoms. The van der Waals surface area contributed by atoms with Crippen LogP contribution in [0.25, 0.3) is 0 Å². The van der Waals surface area contributed by atoms with Gasteiger partial charge in [0.1, 0.15) is 10.8 Å². The van der Waals surface area contributed by atoms with E-state index in [2.05, 4.69) is 11.0 Å². The van der Waals surface area contributed by atoms with Crippen molar-refractivity contribution in [1.82, 2.24) is 14.1 Å². The smallest absolute Gasteiger partial charge is 0.289 e. The number of hydrogen-bond donors (Lipinski definition) is 0. The molecule has 13 heteroatoms. The minimum absolute atomic E-state index is 0.0690. The van der Waals surface area contributed by atoms with Crippen molar-refractivity contribution in [2.24, 2.45) is 0 Å². The lowest BCUT2D eigenvalue weighted by molar-refractivity contribution is -0.384. The van der Waals surface area contributed by atoms with Gasteiger partial charge < -0.3 is 4.90 Å². The van der Waals surface area contributed by atoms with Crippen LogP contribution in [0, 0.1) is 15.9 Å². The molecule has 2 aliphatic rings. The van der Waals surface area contributed by atoms with Gasteiger partial charge in [-0.3, -0.25) is 19.8 Å². The van der Waals surface area contributed by atoms with E-state index in [1.165, 1.54) is 27.4 Å². The number of rotatable bonds is 7. The molecule has 1 saturated heterocycles. The molecule has 1 amide bonds. The summed E-state index contributed by atoms with van der Waals surface area (Å²) in [6.45, 7) is 3.42. The first kappa shape index (κ1) is 28.6. The van der Waals surface area contributed by atoms with Crippen LogP contribution in [0.15, 0.2) is 58.8 Å². The third kappa shape index (κ3) is 5.64. The lowest BCUT2D eigenvalue weighted by Crippen LogP contribution is -2.55. The van der Waals surface area contributed by atoms with Crippen LogP contribution in [-0.4, -0.2) is 72.1 Å². The fraction of sp³-hybridized carbons (Fsp3) is 0.370. The average Bonchev–Trinajstić information content (AvgIpc) is 3.40. The Bertz CT molecular complexity index is 1550. The zero-order valence-corrected chi connectivity index (χ0v) is 24.1. The van der Waals surface area contributed by atoms with Crippen LogP contribution >= 0.6 is 22.9 Å². The van der Waals surface area contributed by atoms with E-state index in [0.717, 1.165) is 30.2 Å². The number of thiophene rings is 1. The van der Waals surface area contributed by atoms with Crippen molar-refractivity contribution in [3.63, 3.8) is 0 Å². The minimum Gasteiger partial charge on any atom is -0.340 e. The number of piperazine rings is 1. The van der Waals surface area contributed by atoms with Crippen molar-refractivity contribution < 1.29 is 22.5 Å². The highest BCUT2D eigenvalue weighted by molar-refractivity contribution is 7.89. The van der Waals surface area contributed by atoms with Crippen LogP contribution in [0.4, 0.5) is 10.1 Å². The standard InChI is InChI=1S/C27H28ClFN4O5S2/c1-18-17-31(12-13-32(18)40(37,38)21-5-6-23(28)24(16-21)33(35)36)26(34)8-11-30-10-7-25-22(9-14-39-25)27(30)19-3-2-4-20(29)15-19/h2-6,9,14-16,18,27H,7-8,10-13,17H2,1H3/t18-,27-/m1/s1. The lowest BCUT2D eigenvalue weighted by Gasteiger charge is -2.40. The van der Waals surface area contributed by atoms with Gasteiger partial charge in [-0.15, -0.1) is 11.3 Å². The van der Waals surface area contributed by atoms with Crippen molar-refractivity contribution >= 4 is 44.6 Å². The van der Waals surface area contributed by atoms with E-state index in [-0.39, 0.29) is 53.7 Å². The van der Waals surface area contributed by atoms with Crippen molar-refractivity contribution in [3.8, 4) is 0 Å². The molecule has 0 radical (unpaired) electrons. The Labute approximate surface area is 241 Å². The molecule has 0 unspecified atom stereocenters. The van der Waals surface area contributed by atoms with Crippen LogP contribution in [0.2, 0.25) is 5.02 Å². The molecule has 0 N–H and O–H groups in total. The topological polar surface area (TPSA) is 104 Å². The summed E-state index contributed by atoms with van der Waals surface area (Å²) in [5, 5.41) is 13.1. The van der Waals surface area contributed by atoms with E-state index < -0.39 is 26.7 Å². The number of hydrogen-bond acceptors (Lipinski definition) is 7. The summed E-state index contributed by atoms with van der Waals surface area (Å²) in [5.74, 6) is -0.383. The summed E-state index contributed by atoms with van der Waals surface area (Å²) in [4.78, 5) is 28.7. The van der Waals surface area contributed by atoms with Gasteiger partial charge in [0.15, 0.2) is 0 Å². The van der Waals surface area contributed by atoms with E-state index in [1.54, 1.807) is 35.3 Å². The summed E-state index contributed by atoms with van der Waals surface area (Å²) in [5.41, 5.74) is 1.51. The summed E-state index contributed by atoms with van der Waals surface area (Å²) in [7, 11) is -4.03. The Balaban J connectivity index is 1.25. The Kier molecular flexibility index (Phi) is 8.25. The highest BCUT2D eigenvalue weighted by Gasteiger charge is 2.37. The second kappa shape index (κ2) is 11.5. The third-order valence-corrected chi connectivity index (χ3v) is 10.8. The van der Waals surface area contributed by atoms with Crippen LogP contribution in [-0.2, 0) is 21.2 Å². The zero-order valence-electron chi connectivity index (χ0n) is 21.7. The van der Waals surface area contributed by atoms with Crippen LogP contribution < -0.4 is 0 Å². The van der Waals surface area contributed by atoms with Crippen molar-refractivity contribution in [1.29, 1.82) is 0 Å². The molecule has 5 rings (SSSR count). The molecule has 3 heterocycles. The van der Waals surface area contributed by atoms with Gasteiger partial charge in [-0.2, -0.15) is 4.31 Å². The average molecular weight is 607 g/mol. The number of nitro benzene ring substituents is 1. The van der Waals surface area contributed by atoms with Crippen molar-refractivity contribution in [2.75, 3.05) is 32.7 Å². The van der Waals surface area contributed by atoms with Gasteiger partial charge in [0.25, 0.3) is 5.69 Å². The molecule has 0 saturated carbocycles.